The molecule has 4 unspecified atom stereocenters. The van der Waals surface area contributed by atoms with Crippen molar-refractivity contribution in [3.05, 3.63) is 53.6 Å². The lowest BCUT2D eigenvalue weighted by molar-refractivity contribution is -0.118. The first kappa shape index (κ1) is 24.4. The lowest BCUT2D eigenvalue weighted by Crippen LogP contribution is -2.38. The molecule has 2 aliphatic carbocycles. The maximum atomic E-state index is 13.1. The van der Waals surface area contributed by atoms with Crippen molar-refractivity contribution in [3.63, 3.8) is 0 Å². The number of amides is 1. The molecule has 6 atom stereocenters. The summed E-state index contributed by atoms with van der Waals surface area (Å²) < 4.78 is 16.9. The normalized spacial score (nSPS) is 34.0. The van der Waals surface area contributed by atoms with Crippen molar-refractivity contribution in [2.24, 2.45) is 17.8 Å². The molecule has 8 heteroatoms. The summed E-state index contributed by atoms with van der Waals surface area (Å²) in [5, 5.41) is 3.14. The van der Waals surface area contributed by atoms with Crippen LogP contribution in [0.3, 0.4) is 0 Å². The van der Waals surface area contributed by atoms with Crippen LogP contribution in [0.5, 0.6) is 11.5 Å². The van der Waals surface area contributed by atoms with E-state index in [1.165, 1.54) is 12.0 Å². The fourth-order valence-corrected chi connectivity index (χ4v) is 7.59. The van der Waals surface area contributed by atoms with Gasteiger partial charge in [0.05, 0.1) is 31.8 Å². The van der Waals surface area contributed by atoms with Gasteiger partial charge in [0.1, 0.15) is 18.1 Å². The van der Waals surface area contributed by atoms with Crippen molar-refractivity contribution in [2.45, 2.75) is 43.2 Å². The van der Waals surface area contributed by atoms with E-state index < -0.39 is 0 Å². The topological polar surface area (TPSA) is 84.1 Å². The molecule has 7 rings (SSSR count). The summed E-state index contributed by atoms with van der Waals surface area (Å²) in [4.78, 5) is 15.5. The van der Waals surface area contributed by atoms with Crippen LogP contribution < -0.4 is 25.6 Å². The summed E-state index contributed by atoms with van der Waals surface area (Å²) in [6.07, 6.45) is 4.39. The number of carbonyl (C=O) groups is 1. The molecular formula is C30H38N4O4. The van der Waals surface area contributed by atoms with Crippen molar-refractivity contribution in [2.75, 3.05) is 51.9 Å². The van der Waals surface area contributed by atoms with Crippen LogP contribution in [0.25, 0.3) is 0 Å². The number of benzene rings is 2. The molecule has 3 N–H and O–H groups in total. The van der Waals surface area contributed by atoms with Crippen LogP contribution in [0.2, 0.25) is 0 Å². The summed E-state index contributed by atoms with van der Waals surface area (Å²) in [6, 6.07) is 15.3. The summed E-state index contributed by atoms with van der Waals surface area (Å²) in [7, 11) is 1.69. The lowest BCUT2D eigenvalue weighted by atomic mass is 9.72. The minimum absolute atomic E-state index is 0.176. The van der Waals surface area contributed by atoms with Crippen LogP contribution in [0, 0.1) is 17.8 Å². The molecule has 3 aliphatic heterocycles. The Bertz CT molecular complexity index is 1180. The van der Waals surface area contributed by atoms with Gasteiger partial charge in [-0.3, -0.25) is 15.1 Å². The highest BCUT2D eigenvalue weighted by Gasteiger charge is 2.67. The third-order valence-electron chi connectivity index (χ3n) is 9.76. The van der Waals surface area contributed by atoms with Crippen LogP contribution >= 0.6 is 0 Å². The number of nitrogens with one attached hydrogen (secondary N) is 3. The van der Waals surface area contributed by atoms with Crippen LogP contribution in [0.4, 0.5) is 5.69 Å². The maximum absolute atomic E-state index is 13.1. The molecule has 0 aromatic heterocycles. The van der Waals surface area contributed by atoms with Gasteiger partial charge in [-0.25, -0.2) is 5.43 Å². The van der Waals surface area contributed by atoms with E-state index in [1.807, 2.05) is 12.1 Å². The molecule has 2 aromatic carbocycles. The second-order valence-corrected chi connectivity index (χ2v) is 11.6. The molecular weight excluding hydrogens is 480 g/mol. The molecule has 2 saturated carbocycles. The van der Waals surface area contributed by atoms with Crippen molar-refractivity contribution >= 4 is 11.6 Å². The molecule has 0 bridgehead atoms. The number of carbonyl (C=O) groups excluding carboxylic acids is 1. The largest absolute Gasteiger partial charge is 0.497 e. The zero-order valence-corrected chi connectivity index (χ0v) is 22.1. The van der Waals surface area contributed by atoms with Gasteiger partial charge in [-0.2, -0.15) is 0 Å². The Morgan fingerprint density at radius 3 is 2.68 bits per heavy atom. The van der Waals surface area contributed by atoms with Crippen molar-refractivity contribution in [1.29, 1.82) is 0 Å². The van der Waals surface area contributed by atoms with E-state index >= 15 is 0 Å². The van der Waals surface area contributed by atoms with E-state index in [1.54, 1.807) is 7.11 Å². The van der Waals surface area contributed by atoms with Gasteiger partial charge in [0.25, 0.3) is 0 Å². The third kappa shape index (κ3) is 4.18. The number of hydrogen-bond donors (Lipinski definition) is 3. The monoisotopic (exact) mass is 518 g/mol. The fourth-order valence-electron chi connectivity index (χ4n) is 7.59. The zero-order valence-electron chi connectivity index (χ0n) is 22.1. The van der Waals surface area contributed by atoms with Crippen LogP contribution in [-0.2, 0) is 14.9 Å². The molecule has 0 radical (unpaired) electrons. The Morgan fingerprint density at radius 2 is 1.87 bits per heavy atom. The predicted octanol–water partition coefficient (Wildman–Crippen LogP) is 3.25. The number of ether oxygens (including phenoxy) is 3. The van der Waals surface area contributed by atoms with Gasteiger partial charge in [-0.05, 0) is 84.9 Å². The molecule has 5 aliphatic rings. The first-order chi connectivity index (χ1) is 18.7. The molecule has 3 heterocycles. The molecule has 202 valence electrons. The van der Waals surface area contributed by atoms with Crippen LogP contribution in [0.15, 0.2) is 42.5 Å². The van der Waals surface area contributed by atoms with Gasteiger partial charge in [0, 0.05) is 31.4 Å². The SMILES string of the molecule is COc1ccc2c(c1)[C@]1(C[C@H]1C1CCC3C(C1)NNC3c1ccc(OCCN3CCOCC3)cc1)C(=O)N2. The molecule has 1 amide bonds. The summed E-state index contributed by atoms with van der Waals surface area (Å²) in [5.74, 6) is 3.45. The van der Waals surface area contributed by atoms with Gasteiger partial charge in [-0.1, -0.05) is 12.1 Å². The molecule has 1 spiro atoms. The van der Waals surface area contributed by atoms with Gasteiger partial charge in [0.2, 0.25) is 5.91 Å². The van der Waals surface area contributed by atoms with E-state index in [2.05, 4.69) is 51.4 Å². The summed E-state index contributed by atoms with van der Waals surface area (Å²) in [5.41, 5.74) is 10.3. The van der Waals surface area contributed by atoms with Gasteiger partial charge >= 0.3 is 0 Å². The smallest absolute Gasteiger partial charge is 0.235 e. The standard InChI is InChI=1S/C30H38N4O4/c1-36-22-7-9-26-24(17-22)30(29(35)31-26)18-25(30)20-4-8-23-27(16-20)32-33-28(23)19-2-5-21(6-3-19)38-15-12-34-10-13-37-14-11-34/h2-3,5-7,9,17,20,23,25,27-28,32-33H,4,8,10-16,18H2,1H3,(H,31,35)/t20?,23?,25-,27?,28?,30-/m0/s1. The second-order valence-electron chi connectivity index (χ2n) is 11.6. The fraction of sp³-hybridized carbons (Fsp3) is 0.567. The number of hydrogen-bond acceptors (Lipinski definition) is 7. The highest BCUT2D eigenvalue weighted by molar-refractivity contribution is 6.09. The number of anilines is 1. The van der Waals surface area contributed by atoms with E-state index in [0.717, 1.165) is 74.9 Å². The Hall–Kier alpha value is -2.65. The minimum Gasteiger partial charge on any atom is -0.497 e. The Kier molecular flexibility index (Phi) is 6.31. The quantitative estimate of drug-likeness (QED) is 0.519. The van der Waals surface area contributed by atoms with Crippen LogP contribution in [-0.4, -0.2) is 63.4 Å². The Balaban J connectivity index is 0.959. The van der Waals surface area contributed by atoms with Gasteiger partial charge in [0.15, 0.2) is 0 Å². The third-order valence-corrected chi connectivity index (χ3v) is 9.76. The number of rotatable bonds is 7. The van der Waals surface area contributed by atoms with Crippen molar-refractivity contribution < 1.29 is 19.0 Å². The molecule has 4 fully saturated rings. The minimum atomic E-state index is -0.357. The number of methoxy groups -OCH3 is 1. The predicted molar refractivity (Wildman–Crippen MR) is 144 cm³/mol. The Morgan fingerprint density at radius 1 is 1.05 bits per heavy atom. The molecule has 38 heavy (non-hydrogen) atoms. The lowest BCUT2D eigenvalue weighted by Gasteiger charge is -2.34. The zero-order chi connectivity index (χ0) is 25.7. The van der Waals surface area contributed by atoms with E-state index in [4.69, 9.17) is 14.2 Å². The summed E-state index contributed by atoms with van der Waals surface area (Å²) in [6.45, 7) is 5.26. The van der Waals surface area contributed by atoms with Gasteiger partial charge in [-0.15, -0.1) is 0 Å². The molecule has 8 nitrogen and oxygen atoms in total. The second kappa shape index (κ2) is 9.83. The maximum Gasteiger partial charge on any atom is 0.235 e. The molecule has 2 saturated heterocycles. The molecule has 2 aromatic rings. The first-order valence-electron chi connectivity index (χ1n) is 14.2. The first-order valence-corrected chi connectivity index (χ1v) is 14.2. The average molecular weight is 519 g/mol. The number of nitrogens with zero attached hydrogens (tertiary/aromatic N) is 1. The van der Waals surface area contributed by atoms with Crippen molar-refractivity contribution in [1.82, 2.24) is 15.8 Å². The van der Waals surface area contributed by atoms with Crippen molar-refractivity contribution in [3.8, 4) is 11.5 Å². The van der Waals surface area contributed by atoms with E-state index in [-0.39, 0.29) is 11.3 Å². The average Bonchev–Trinajstić information content (AvgIpc) is 3.48. The highest BCUT2D eigenvalue weighted by Crippen LogP contribution is 2.65. The summed E-state index contributed by atoms with van der Waals surface area (Å²) >= 11 is 0. The number of morpholine rings is 1. The highest BCUT2D eigenvalue weighted by atomic mass is 16.5. The van der Waals surface area contributed by atoms with Gasteiger partial charge < -0.3 is 19.5 Å². The number of hydrazine groups is 1. The van der Waals surface area contributed by atoms with E-state index in [9.17, 15) is 4.79 Å². The number of fused-ring (bicyclic) bond motifs is 3. The van der Waals surface area contributed by atoms with Crippen LogP contribution in [0.1, 0.15) is 42.9 Å². The Labute approximate surface area is 224 Å². The van der Waals surface area contributed by atoms with E-state index in [0.29, 0.717) is 36.4 Å².